The first-order chi connectivity index (χ1) is 9.83. The summed E-state index contributed by atoms with van der Waals surface area (Å²) in [5, 5.41) is 0.754. The van der Waals surface area contributed by atoms with Crippen LogP contribution >= 0.6 is 0 Å². The third-order valence-electron chi connectivity index (χ3n) is 4.17. The fraction of sp³-hybridized carbons (Fsp3) is 0.167. The van der Waals surface area contributed by atoms with Crippen LogP contribution in [0.15, 0.2) is 53.3 Å². The van der Waals surface area contributed by atoms with Gasteiger partial charge in [-0.15, -0.1) is 0 Å². The maximum absolute atomic E-state index is 12.3. The Kier molecular flexibility index (Phi) is 2.49. The number of aromatic amines is 1. The molecule has 1 aliphatic rings. The van der Waals surface area contributed by atoms with Crippen molar-refractivity contribution in [1.82, 2.24) is 4.98 Å². The molecule has 2 aromatic carbocycles. The van der Waals surface area contributed by atoms with Gasteiger partial charge in [-0.2, -0.15) is 0 Å². The highest BCUT2D eigenvalue weighted by Gasteiger charge is 2.16. The van der Waals surface area contributed by atoms with Crippen molar-refractivity contribution in [1.29, 1.82) is 0 Å². The van der Waals surface area contributed by atoms with Gasteiger partial charge < -0.3 is 4.98 Å². The maximum Gasteiger partial charge on any atom is 0.190 e. The minimum atomic E-state index is 0.0879. The Morgan fingerprint density at radius 1 is 0.950 bits per heavy atom. The second kappa shape index (κ2) is 4.34. The lowest BCUT2D eigenvalue weighted by Gasteiger charge is -2.09. The number of fused-ring (bicyclic) bond motifs is 2. The minimum Gasteiger partial charge on any atom is -0.354 e. The van der Waals surface area contributed by atoms with Crippen LogP contribution in [0.4, 0.5) is 0 Å². The van der Waals surface area contributed by atoms with Crippen LogP contribution in [0.3, 0.4) is 0 Å². The number of aryl methyl sites for hydroxylation is 1. The highest BCUT2D eigenvalue weighted by atomic mass is 16.1. The van der Waals surface area contributed by atoms with E-state index in [0.29, 0.717) is 0 Å². The highest BCUT2D eigenvalue weighted by Crippen LogP contribution is 2.31. The Labute approximate surface area is 117 Å². The molecule has 0 aliphatic heterocycles. The van der Waals surface area contributed by atoms with Crippen LogP contribution < -0.4 is 5.43 Å². The average Bonchev–Trinajstić information content (AvgIpc) is 2.95. The lowest BCUT2D eigenvalue weighted by Crippen LogP contribution is -2.03. The van der Waals surface area contributed by atoms with Crippen LogP contribution in [0.25, 0.3) is 22.2 Å². The zero-order valence-electron chi connectivity index (χ0n) is 11.1. The number of aromatic nitrogens is 1. The summed E-state index contributed by atoms with van der Waals surface area (Å²) >= 11 is 0. The zero-order valence-corrected chi connectivity index (χ0v) is 11.1. The van der Waals surface area contributed by atoms with E-state index in [4.69, 9.17) is 0 Å². The molecule has 3 aromatic rings. The van der Waals surface area contributed by atoms with Gasteiger partial charge >= 0.3 is 0 Å². The molecule has 1 N–H and O–H groups in total. The van der Waals surface area contributed by atoms with Gasteiger partial charge in [0.15, 0.2) is 5.43 Å². The van der Waals surface area contributed by atoms with Crippen LogP contribution in [0.2, 0.25) is 0 Å². The Balaban J connectivity index is 2.00. The van der Waals surface area contributed by atoms with Gasteiger partial charge in [-0.3, -0.25) is 4.79 Å². The number of hydrogen-bond acceptors (Lipinski definition) is 1. The summed E-state index contributed by atoms with van der Waals surface area (Å²) in [6.07, 6.45) is 3.48. The van der Waals surface area contributed by atoms with E-state index in [0.717, 1.165) is 29.4 Å². The Bertz CT molecular complexity index is 861. The van der Waals surface area contributed by atoms with Crippen molar-refractivity contribution >= 4 is 10.9 Å². The third kappa shape index (κ3) is 1.68. The smallest absolute Gasteiger partial charge is 0.190 e. The highest BCUT2D eigenvalue weighted by molar-refractivity contribution is 5.82. The predicted molar refractivity (Wildman–Crippen MR) is 82.0 cm³/mol. The number of benzene rings is 2. The van der Waals surface area contributed by atoms with Crippen molar-refractivity contribution in [2.24, 2.45) is 0 Å². The lowest BCUT2D eigenvalue weighted by molar-refractivity contribution is 0.912. The number of H-pyrrole nitrogens is 1. The van der Waals surface area contributed by atoms with Gasteiger partial charge in [0.05, 0.1) is 0 Å². The van der Waals surface area contributed by atoms with Crippen LogP contribution in [0.1, 0.15) is 17.5 Å². The largest absolute Gasteiger partial charge is 0.354 e. The molecule has 0 saturated heterocycles. The quantitative estimate of drug-likeness (QED) is 0.712. The number of hydrogen-bond donors (Lipinski definition) is 1. The van der Waals surface area contributed by atoms with Gasteiger partial charge in [0.1, 0.15) is 0 Å². The van der Waals surface area contributed by atoms with Gasteiger partial charge in [0, 0.05) is 28.2 Å². The fourth-order valence-corrected chi connectivity index (χ4v) is 3.21. The molecular formula is C18H15NO. The second-order valence-corrected chi connectivity index (χ2v) is 5.39. The third-order valence-corrected chi connectivity index (χ3v) is 4.17. The summed E-state index contributed by atoms with van der Waals surface area (Å²) in [5.74, 6) is 0. The molecule has 1 aliphatic carbocycles. The van der Waals surface area contributed by atoms with E-state index in [1.165, 1.54) is 23.1 Å². The molecule has 0 saturated carbocycles. The van der Waals surface area contributed by atoms with Gasteiger partial charge in [-0.1, -0.05) is 30.3 Å². The average molecular weight is 261 g/mol. The van der Waals surface area contributed by atoms with Gasteiger partial charge in [0.2, 0.25) is 0 Å². The standard InChI is InChI=1S/C18H15NO/c20-18-11-17(19-16-10-2-1-7-15(16)18)14-9-4-6-12-5-3-8-13(12)14/h1-2,4,6-7,9-11H,3,5,8H2,(H,19,20). The summed E-state index contributed by atoms with van der Waals surface area (Å²) < 4.78 is 0. The van der Waals surface area contributed by atoms with Gasteiger partial charge in [0.25, 0.3) is 0 Å². The molecule has 1 heterocycles. The van der Waals surface area contributed by atoms with Crippen molar-refractivity contribution in [3.63, 3.8) is 0 Å². The normalized spacial score (nSPS) is 13.6. The van der Waals surface area contributed by atoms with Crippen LogP contribution in [-0.2, 0) is 12.8 Å². The molecule has 1 aromatic heterocycles. The lowest BCUT2D eigenvalue weighted by atomic mass is 10.00. The summed E-state index contributed by atoms with van der Waals surface area (Å²) in [7, 11) is 0. The van der Waals surface area contributed by atoms with E-state index in [1.54, 1.807) is 6.07 Å². The Morgan fingerprint density at radius 2 is 1.85 bits per heavy atom. The van der Waals surface area contributed by atoms with E-state index < -0.39 is 0 Å². The molecule has 2 nitrogen and oxygen atoms in total. The Morgan fingerprint density at radius 3 is 2.80 bits per heavy atom. The van der Waals surface area contributed by atoms with Crippen molar-refractivity contribution in [3.8, 4) is 11.3 Å². The summed E-state index contributed by atoms with van der Waals surface area (Å²) in [5.41, 5.74) is 5.95. The van der Waals surface area contributed by atoms with Crippen molar-refractivity contribution in [2.45, 2.75) is 19.3 Å². The van der Waals surface area contributed by atoms with Crippen molar-refractivity contribution < 1.29 is 0 Å². The van der Waals surface area contributed by atoms with E-state index in [2.05, 4.69) is 23.2 Å². The predicted octanol–water partition coefficient (Wildman–Crippen LogP) is 3.68. The van der Waals surface area contributed by atoms with E-state index in [-0.39, 0.29) is 5.43 Å². The first-order valence-electron chi connectivity index (χ1n) is 7.06. The molecule has 2 heteroatoms. The molecule has 4 rings (SSSR count). The molecule has 98 valence electrons. The molecule has 0 unspecified atom stereocenters. The first-order valence-corrected chi connectivity index (χ1v) is 7.06. The summed E-state index contributed by atoms with van der Waals surface area (Å²) in [6, 6.07) is 15.8. The molecule has 0 amide bonds. The van der Waals surface area contributed by atoms with Gasteiger partial charge in [-0.25, -0.2) is 0 Å². The second-order valence-electron chi connectivity index (χ2n) is 5.39. The number of nitrogens with one attached hydrogen (secondary N) is 1. The summed E-state index contributed by atoms with van der Waals surface area (Å²) in [6.45, 7) is 0. The van der Waals surface area contributed by atoms with Crippen molar-refractivity contribution in [3.05, 3.63) is 69.9 Å². The van der Waals surface area contributed by atoms with E-state index in [1.807, 2.05) is 24.3 Å². The maximum atomic E-state index is 12.3. The number of rotatable bonds is 1. The SMILES string of the molecule is O=c1cc(-c2cccc3c2CCC3)[nH]c2ccccc12. The molecule has 0 fully saturated rings. The molecular weight excluding hydrogens is 246 g/mol. The number of para-hydroxylation sites is 1. The van der Waals surface area contributed by atoms with Crippen LogP contribution in [0, 0.1) is 0 Å². The monoisotopic (exact) mass is 261 g/mol. The van der Waals surface area contributed by atoms with Crippen LogP contribution in [-0.4, -0.2) is 4.98 Å². The molecule has 0 atom stereocenters. The molecule has 0 radical (unpaired) electrons. The van der Waals surface area contributed by atoms with E-state index >= 15 is 0 Å². The first kappa shape index (κ1) is 11.5. The topological polar surface area (TPSA) is 32.9 Å². The Hall–Kier alpha value is -2.35. The zero-order chi connectivity index (χ0) is 13.5. The fourth-order valence-electron chi connectivity index (χ4n) is 3.21. The van der Waals surface area contributed by atoms with E-state index in [9.17, 15) is 4.79 Å². The van der Waals surface area contributed by atoms with Crippen molar-refractivity contribution in [2.75, 3.05) is 0 Å². The number of pyridine rings is 1. The minimum absolute atomic E-state index is 0.0879. The molecule has 0 spiro atoms. The molecule has 0 bridgehead atoms. The molecule has 20 heavy (non-hydrogen) atoms. The van der Waals surface area contributed by atoms with Gasteiger partial charge in [-0.05, 0) is 42.5 Å². The van der Waals surface area contributed by atoms with Crippen LogP contribution in [0.5, 0.6) is 0 Å². The summed E-state index contributed by atoms with van der Waals surface area (Å²) in [4.78, 5) is 15.7.